The number of halogens is 2. The van der Waals surface area contributed by atoms with Crippen LogP contribution in [0.2, 0.25) is 5.02 Å². The highest BCUT2D eigenvalue weighted by Crippen LogP contribution is 2.32. The van der Waals surface area contributed by atoms with E-state index in [4.69, 9.17) is 21.1 Å². The summed E-state index contributed by atoms with van der Waals surface area (Å²) in [6.45, 7) is 3.54. The molecule has 2 amide bonds. The van der Waals surface area contributed by atoms with E-state index in [9.17, 15) is 22.4 Å². The van der Waals surface area contributed by atoms with Crippen LogP contribution in [0.15, 0.2) is 71.6 Å². The first-order valence-electron chi connectivity index (χ1n) is 13.9. The highest BCUT2D eigenvalue weighted by molar-refractivity contribution is 7.92. The van der Waals surface area contributed by atoms with Crippen LogP contribution in [0.4, 0.5) is 10.1 Å². The van der Waals surface area contributed by atoms with Gasteiger partial charge in [-0.1, -0.05) is 44.0 Å². The van der Waals surface area contributed by atoms with Crippen molar-refractivity contribution >= 4 is 39.1 Å². The number of nitrogens with zero attached hydrogens (tertiary/aromatic N) is 2. The number of amides is 2. The summed E-state index contributed by atoms with van der Waals surface area (Å²) in [5, 5.41) is 3.25. The van der Waals surface area contributed by atoms with Crippen LogP contribution in [0.1, 0.15) is 38.7 Å². The number of benzene rings is 3. The van der Waals surface area contributed by atoms with E-state index in [1.807, 2.05) is 6.92 Å². The second kappa shape index (κ2) is 15.6. The SMILES string of the molecule is CCCCNC(=O)[C@H](CC)N(Cc1ccc(F)cc1)C(=O)CN(c1ccc(Cl)cc1)S(=O)(=O)c1ccc(OC)c(OC)c1. The second-order valence-corrected chi connectivity index (χ2v) is 12.0. The number of anilines is 1. The molecule has 1 atom stereocenters. The van der Waals surface area contributed by atoms with E-state index in [-0.39, 0.29) is 35.2 Å². The van der Waals surface area contributed by atoms with Crippen molar-refractivity contribution in [1.29, 1.82) is 0 Å². The van der Waals surface area contributed by atoms with E-state index in [2.05, 4.69) is 5.32 Å². The Kier molecular flexibility index (Phi) is 12.2. The lowest BCUT2D eigenvalue weighted by Gasteiger charge is -2.33. The fourth-order valence-electron chi connectivity index (χ4n) is 4.45. The summed E-state index contributed by atoms with van der Waals surface area (Å²) in [5.41, 5.74) is 0.769. The molecule has 0 unspecified atom stereocenters. The summed E-state index contributed by atoms with van der Waals surface area (Å²) in [6, 6.07) is 14.8. The summed E-state index contributed by atoms with van der Waals surface area (Å²) >= 11 is 6.08. The van der Waals surface area contributed by atoms with Crippen molar-refractivity contribution in [3.8, 4) is 11.5 Å². The molecule has 1 N–H and O–H groups in total. The van der Waals surface area contributed by atoms with E-state index in [1.54, 1.807) is 6.92 Å². The third-order valence-electron chi connectivity index (χ3n) is 6.82. The Bertz CT molecular complexity index is 1490. The maximum atomic E-state index is 14.1. The molecule has 9 nitrogen and oxygen atoms in total. The van der Waals surface area contributed by atoms with Crippen LogP contribution in [0.5, 0.6) is 11.5 Å². The highest BCUT2D eigenvalue weighted by Gasteiger charge is 2.34. The van der Waals surface area contributed by atoms with Gasteiger partial charge in [0.15, 0.2) is 11.5 Å². The predicted molar refractivity (Wildman–Crippen MR) is 164 cm³/mol. The van der Waals surface area contributed by atoms with Gasteiger partial charge in [0.2, 0.25) is 11.8 Å². The van der Waals surface area contributed by atoms with Crippen molar-refractivity contribution in [2.45, 2.75) is 50.6 Å². The zero-order valence-corrected chi connectivity index (χ0v) is 26.3. The van der Waals surface area contributed by atoms with Crippen LogP contribution in [0.3, 0.4) is 0 Å². The Hall–Kier alpha value is -3.83. The van der Waals surface area contributed by atoms with Crippen molar-refractivity contribution in [2.75, 3.05) is 31.6 Å². The Morgan fingerprint density at radius 3 is 2.19 bits per heavy atom. The zero-order valence-electron chi connectivity index (χ0n) is 24.7. The van der Waals surface area contributed by atoms with E-state index in [0.29, 0.717) is 22.9 Å². The predicted octanol–water partition coefficient (Wildman–Crippen LogP) is 5.42. The number of ether oxygens (including phenoxy) is 2. The molecule has 0 heterocycles. The summed E-state index contributed by atoms with van der Waals surface area (Å²) in [4.78, 5) is 28.5. The molecular formula is C31H37ClFN3O6S. The van der Waals surface area contributed by atoms with Crippen LogP contribution in [-0.2, 0) is 26.2 Å². The number of carbonyl (C=O) groups is 2. The molecule has 0 spiro atoms. The fraction of sp³-hybridized carbons (Fsp3) is 0.355. The Morgan fingerprint density at radius 2 is 1.60 bits per heavy atom. The number of sulfonamides is 1. The Balaban J connectivity index is 2.06. The van der Waals surface area contributed by atoms with Crippen LogP contribution in [0, 0.1) is 5.82 Å². The van der Waals surface area contributed by atoms with Gasteiger partial charge >= 0.3 is 0 Å². The molecule has 0 aliphatic rings. The Morgan fingerprint density at radius 1 is 0.953 bits per heavy atom. The lowest BCUT2D eigenvalue weighted by atomic mass is 10.1. The molecule has 0 aromatic heterocycles. The van der Waals surface area contributed by atoms with Gasteiger partial charge in [0, 0.05) is 24.2 Å². The number of carbonyl (C=O) groups excluding carboxylic acids is 2. The normalized spacial score (nSPS) is 11.9. The molecule has 3 aromatic rings. The molecule has 3 aromatic carbocycles. The maximum absolute atomic E-state index is 14.1. The summed E-state index contributed by atoms with van der Waals surface area (Å²) < 4.78 is 53.4. The van der Waals surface area contributed by atoms with E-state index >= 15 is 0 Å². The van der Waals surface area contributed by atoms with Crippen molar-refractivity contribution < 1.29 is 31.9 Å². The highest BCUT2D eigenvalue weighted by atomic mass is 35.5. The van der Waals surface area contributed by atoms with E-state index < -0.39 is 34.3 Å². The molecule has 43 heavy (non-hydrogen) atoms. The minimum absolute atomic E-state index is 0.0380. The molecule has 0 bridgehead atoms. The standard InChI is InChI=1S/C31H37ClFN3O6S/c1-5-7-18-34-31(38)27(6-2)35(20-22-8-12-24(33)13-9-22)30(37)21-36(25-14-10-23(32)11-15-25)43(39,40)26-16-17-28(41-3)29(19-26)42-4/h8-17,19,27H,5-7,18,20-21H2,1-4H3,(H,34,38)/t27-/m0/s1. The van der Waals surface area contributed by atoms with Crippen LogP contribution in [0.25, 0.3) is 0 Å². The van der Waals surface area contributed by atoms with E-state index in [0.717, 1.165) is 17.1 Å². The van der Waals surface area contributed by atoms with Gasteiger partial charge in [0.25, 0.3) is 10.0 Å². The number of rotatable bonds is 15. The first-order chi connectivity index (χ1) is 20.5. The molecule has 0 fully saturated rings. The lowest BCUT2D eigenvalue weighted by molar-refractivity contribution is -0.140. The second-order valence-electron chi connectivity index (χ2n) is 9.72. The largest absolute Gasteiger partial charge is 0.493 e. The maximum Gasteiger partial charge on any atom is 0.264 e. The van der Waals surface area contributed by atoms with Crippen LogP contribution >= 0.6 is 11.6 Å². The minimum Gasteiger partial charge on any atom is -0.493 e. The number of unbranched alkanes of at least 4 members (excludes halogenated alkanes) is 1. The minimum atomic E-state index is -4.34. The van der Waals surface area contributed by atoms with Gasteiger partial charge in [-0.25, -0.2) is 12.8 Å². The van der Waals surface area contributed by atoms with E-state index in [1.165, 1.54) is 85.8 Å². The fourth-order valence-corrected chi connectivity index (χ4v) is 6.01. The number of hydrogen-bond donors (Lipinski definition) is 1. The van der Waals surface area contributed by atoms with Crippen molar-refractivity contribution in [3.63, 3.8) is 0 Å². The van der Waals surface area contributed by atoms with Crippen LogP contribution < -0.4 is 19.1 Å². The van der Waals surface area contributed by atoms with Crippen molar-refractivity contribution in [3.05, 3.63) is 83.1 Å². The molecule has 0 saturated heterocycles. The summed E-state index contributed by atoms with van der Waals surface area (Å²) in [6.07, 6.45) is 1.91. The summed E-state index contributed by atoms with van der Waals surface area (Å²) in [7, 11) is -1.52. The third kappa shape index (κ3) is 8.61. The van der Waals surface area contributed by atoms with Crippen LogP contribution in [-0.4, -0.2) is 58.5 Å². The van der Waals surface area contributed by atoms with Gasteiger partial charge in [0.1, 0.15) is 18.4 Å². The summed E-state index contributed by atoms with van der Waals surface area (Å²) in [5.74, 6) is -0.895. The molecule has 0 aliphatic carbocycles. The number of methoxy groups -OCH3 is 2. The van der Waals surface area contributed by atoms with Gasteiger partial charge in [-0.3, -0.25) is 13.9 Å². The smallest absolute Gasteiger partial charge is 0.264 e. The quantitative estimate of drug-likeness (QED) is 0.224. The lowest BCUT2D eigenvalue weighted by Crippen LogP contribution is -2.52. The third-order valence-corrected chi connectivity index (χ3v) is 8.84. The van der Waals surface area contributed by atoms with Gasteiger partial charge in [-0.2, -0.15) is 0 Å². The first-order valence-corrected chi connectivity index (χ1v) is 15.7. The average molecular weight is 634 g/mol. The van der Waals surface area contributed by atoms with Crippen molar-refractivity contribution in [2.24, 2.45) is 0 Å². The first kappa shape index (κ1) is 33.7. The molecule has 12 heteroatoms. The zero-order chi connectivity index (χ0) is 31.6. The average Bonchev–Trinajstić information content (AvgIpc) is 3.00. The molecule has 0 saturated carbocycles. The molecule has 232 valence electrons. The van der Waals surface area contributed by atoms with Gasteiger partial charge in [0.05, 0.1) is 24.8 Å². The van der Waals surface area contributed by atoms with Gasteiger partial charge in [-0.15, -0.1) is 0 Å². The number of nitrogens with one attached hydrogen (secondary N) is 1. The topological polar surface area (TPSA) is 105 Å². The van der Waals surface area contributed by atoms with Gasteiger partial charge < -0.3 is 19.7 Å². The Labute approximate surface area is 257 Å². The molecule has 0 radical (unpaired) electrons. The van der Waals surface area contributed by atoms with Gasteiger partial charge in [-0.05, 0) is 66.9 Å². The van der Waals surface area contributed by atoms with Crippen molar-refractivity contribution in [1.82, 2.24) is 10.2 Å². The monoisotopic (exact) mass is 633 g/mol. The molecular weight excluding hydrogens is 597 g/mol. The molecule has 0 aliphatic heterocycles. The molecule has 3 rings (SSSR count). The number of hydrogen-bond acceptors (Lipinski definition) is 6.